The molecule has 3 aromatic carbocycles. The third-order valence-electron chi connectivity index (χ3n) is 7.27. The number of anilines is 1. The van der Waals surface area contributed by atoms with E-state index in [2.05, 4.69) is 24.3 Å². The van der Waals surface area contributed by atoms with E-state index in [0.29, 0.717) is 0 Å². The maximum absolute atomic E-state index is 13.7. The number of nitrogens with zero attached hydrogens (tertiary/aromatic N) is 1. The van der Waals surface area contributed by atoms with Crippen molar-refractivity contribution in [1.29, 1.82) is 0 Å². The lowest BCUT2D eigenvalue weighted by Crippen LogP contribution is -2.41. The zero-order valence-corrected chi connectivity index (χ0v) is 16.4. The van der Waals surface area contributed by atoms with Crippen LogP contribution in [0.3, 0.4) is 0 Å². The van der Waals surface area contributed by atoms with Gasteiger partial charge in [-0.2, -0.15) is 0 Å². The average Bonchev–Trinajstić information content (AvgIpc) is 3.01. The summed E-state index contributed by atoms with van der Waals surface area (Å²) in [5, 5.41) is 0. The van der Waals surface area contributed by atoms with Gasteiger partial charge in [0.1, 0.15) is 0 Å². The van der Waals surface area contributed by atoms with Crippen molar-refractivity contribution < 1.29 is 9.59 Å². The van der Waals surface area contributed by atoms with Crippen LogP contribution in [0, 0.1) is 25.7 Å². The molecule has 0 N–H and O–H groups in total. The van der Waals surface area contributed by atoms with Crippen LogP contribution >= 0.6 is 0 Å². The van der Waals surface area contributed by atoms with Crippen molar-refractivity contribution in [1.82, 2.24) is 0 Å². The van der Waals surface area contributed by atoms with Crippen molar-refractivity contribution >= 4 is 17.5 Å². The Morgan fingerprint density at radius 3 is 1.52 bits per heavy atom. The lowest BCUT2D eigenvalue weighted by atomic mass is 9.55. The number of rotatable bonds is 1. The highest BCUT2D eigenvalue weighted by Crippen LogP contribution is 2.61. The zero-order valence-electron chi connectivity index (χ0n) is 16.4. The summed E-state index contributed by atoms with van der Waals surface area (Å²) in [6, 6.07) is 22.6. The van der Waals surface area contributed by atoms with E-state index < -0.39 is 0 Å². The van der Waals surface area contributed by atoms with Gasteiger partial charge in [0.2, 0.25) is 11.8 Å². The molecule has 2 bridgehead atoms. The minimum Gasteiger partial charge on any atom is -0.274 e. The lowest BCUT2D eigenvalue weighted by Gasteiger charge is -2.45. The highest BCUT2D eigenvalue weighted by molar-refractivity contribution is 6.23. The smallest absolute Gasteiger partial charge is 0.238 e. The maximum atomic E-state index is 13.7. The van der Waals surface area contributed by atoms with Gasteiger partial charge in [0.25, 0.3) is 0 Å². The van der Waals surface area contributed by atoms with Gasteiger partial charge in [0.05, 0.1) is 17.5 Å². The summed E-state index contributed by atoms with van der Waals surface area (Å²) in [7, 11) is 0. The van der Waals surface area contributed by atoms with Gasteiger partial charge < -0.3 is 0 Å². The summed E-state index contributed by atoms with van der Waals surface area (Å²) < 4.78 is 0. The van der Waals surface area contributed by atoms with Crippen molar-refractivity contribution in [3.63, 3.8) is 0 Å². The Hall–Kier alpha value is -3.20. The molecule has 1 saturated heterocycles. The summed E-state index contributed by atoms with van der Waals surface area (Å²) in [5.74, 6) is -0.845. The van der Waals surface area contributed by atoms with Crippen LogP contribution in [0.2, 0.25) is 0 Å². The van der Waals surface area contributed by atoms with Crippen LogP contribution < -0.4 is 4.90 Å². The molecule has 0 spiro atoms. The standard InChI is InChI=1S/C26H21NO2/c1-14-8-7-13-20(15(14)2)27-25(28)23-21-16-9-3-4-10-17(16)22(24(23)26(27)29)19-12-6-5-11-18(19)21/h3-13,21-24H,1-2H3/t21?,22?,23-,24-/m1/s1. The monoisotopic (exact) mass is 379 g/mol. The van der Waals surface area contributed by atoms with Gasteiger partial charge in [-0.3, -0.25) is 9.59 Å². The number of carbonyl (C=O) groups is 2. The second-order valence-electron chi connectivity index (χ2n) is 8.50. The molecule has 7 rings (SSSR count). The second-order valence-corrected chi connectivity index (χ2v) is 8.50. The second kappa shape index (κ2) is 5.66. The van der Waals surface area contributed by atoms with Crippen LogP contribution in [-0.2, 0) is 9.59 Å². The predicted octanol–water partition coefficient (Wildman–Crippen LogP) is 4.70. The van der Waals surface area contributed by atoms with Crippen LogP contribution in [0.25, 0.3) is 0 Å². The Balaban J connectivity index is 1.59. The number of aryl methyl sites for hydroxylation is 1. The normalized spacial score (nSPS) is 26.3. The van der Waals surface area contributed by atoms with E-state index in [4.69, 9.17) is 0 Å². The van der Waals surface area contributed by atoms with Crippen LogP contribution in [0.4, 0.5) is 5.69 Å². The molecule has 2 atom stereocenters. The fourth-order valence-electron chi connectivity index (χ4n) is 5.89. The Morgan fingerprint density at radius 2 is 1.07 bits per heavy atom. The largest absolute Gasteiger partial charge is 0.274 e. The van der Waals surface area contributed by atoms with Gasteiger partial charge in [0.15, 0.2) is 0 Å². The van der Waals surface area contributed by atoms with Crippen molar-refractivity contribution in [2.45, 2.75) is 25.7 Å². The van der Waals surface area contributed by atoms with E-state index in [9.17, 15) is 9.59 Å². The molecule has 1 fully saturated rings. The molecule has 3 nitrogen and oxygen atoms in total. The van der Waals surface area contributed by atoms with Crippen molar-refractivity contribution in [3.05, 3.63) is 100 Å². The summed E-state index contributed by atoms with van der Waals surface area (Å²) in [6.45, 7) is 4.01. The molecular formula is C26H21NO2. The molecule has 3 aromatic rings. The fourth-order valence-corrected chi connectivity index (χ4v) is 5.89. The molecule has 0 saturated carbocycles. The number of benzene rings is 3. The Bertz CT molecular complexity index is 1100. The van der Waals surface area contributed by atoms with Crippen molar-refractivity contribution in [3.8, 4) is 0 Å². The van der Waals surface area contributed by atoms with Gasteiger partial charge in [-0.15, -0.1) is 0 Å². The summed E-state index contributed by atoms with van der Waals surface area (Å²) >= 11 is 0. The minimum absolute atomic E-state index is 0.0484. The summed E-state index contributed by atoms with van der Waals surface area (Å²) in [4.78, 5) is 28.9. The van der Waals surface area contributed by atoms with E-state index in [0.717, 1.165) is 16.8 Å². The third-order valence-corrected chi connectivity index (χ3v) is 7.27. The molecule has 4 aliphatic rings. The van der Waals surface area contributed by atoms with Crippen molar-refractivity contribution in [2.75, 3.05) is 4.90 Å². The molecule has 1 heterocycles. The number of hydrogen-bond acceptors (Lipinski definition) is 2. The van der Waals surface area contributed by atoms with Gasteiger partial charge in [0, 0.05) is 11.8 Å². The number of imide groups is 1. The van der Waals surface area contributed by atoms with E-state index in [1.807, 2.05) is 56.3 Å². The van der Waals surface area contributed by atoms with Gasteiger partial charge >= 0.3 is 0 Å². The first-order valence-electron chi connectivity index (χ1n) is 10.2. The minimum atomic E-state index is -0.322. The maximum Gasteiger partial charge on any atom is 0.238 e. The van der Waals surface area contributed by atoms with Crippen LogP contribution in [0.15, 0.2) is 66.7 Å². The lowest BCUT2D eigenvalue weighted by molar-refractivity contribution is -0.122. The first-order chi connectivity index (χ1) is 14.1. The first-order valence-corrected chi connectivity index (χ1v) is 10.2. The Kier molecular flexibility index (Phi) is 3.27. The molecule has 0 aromatic heterocycles. The van der Waals surface area contributed by atoms with Crippen LogP contribution in [-0.4, -0.2) is 11.8 Å². The molecule has 142 valence electrons. The van der Waals surface area contributed by atoms with Crippen LogP contribution in [0.5, 0.6) is 0 Å². The Morgan fingerprint density at radius 1 is 0.621 bits per heavy atom. The molecule has 29 heavy (non-hydrogen) atoms. The van der Waals surface area contributed by atoms with Gasteiger partial charge in [-0.05, 0) is 53.3 Å². The van der Waals surface area contributed by atoms with E-state index in [1.165, 1.54) is 27.2 Å². The van der Waals surface area contributed by atoms with E-state index in [-0.39, 0.29) is 35.5 Å². The van der Waals surface area contributed by atoms with Gasteiger partial charge in [-0.25, -0.2) is 4.90 Å². The summed E-state index contributed by atoms with van der Waals surface area (Å²) in [5.41, 5.74) is 7.66. The Labute approximate surface area is 170 Å². The number of amides is 2. The third kappa shape index (κ3) is 1.97. The molecule has 2 amide bonds. The highest BCUT2D eigenvalue weighted by atomic mass is 16.2. The summed E-state index contributed by atoms with van der Waals surface area (Å²) in [6.07, 6.45) is 0. The highest BCUT2D eigenvalue weighted by Gasteiger charge is 2.61. The molecule has 3 aliphatic carbocycles. The van der Waals surface area contributed by atoms with Crippen LogP contribution in [0.1, 0.15) is 45.2 Å². The number of hydrogen-bond donors (Lipinski definition) is 0. The average molecular weight is 379 g/mol. The molecular weight excluding hydrogens is 358 g/mol. The quantitative estimate of drug-likeness (QED) is 0.575. The van der Waals surface area contributed by atoms with Crippen molar-refractivity contribution in [2.24, 2.45) is 11.8 Å². The zero-order chi connectivity index (χ0) is 19.9. The molecule has 0 unspecified atom stereocenters. The molecule has 0 radical (unpaired) electrons. The topological polar surface area (TPSA) is 37.4 Å². The molecule has 1 aliphatic heterocycles. The van der Waals surface area contributed by atoms with E-state index in [1.54, 1.807) is 0 Å². The predicted molar refractivity (Wildman–Crippen MR) is 112 cm³/mol. The van der Waals surface area contributed by atoms with E-state index >= 15 is 0 Å². The molecule has 3 heteroatoms. The fraction of sp³-hybridized carbons (Fsp3) is 0.231. The van der Waals surface area contributed by atoms with Gasteiger partial charge in [-0.1, -0.05) is 60.7 Å². The SMILES string of the molecule is Cc1cccc(N2C(=O)[C@@H]3C4c5ccccc5C(c5ccccc54)[C@H]3C2=O)c1C. The number of carbonyl (C=O) groups excluding carboxylic acids is 2. The first kappa shape index (κ1) is 16.7.